The highest BCUT2D eigenvalue weighted by atomic mass is 16.6. The number of likely N-dealkylation sites (tertiary alicyclic amines) is 2. The molecule has 3 N–H and O–H groups in total. The van der Waals surface area contributed by atoms with Crippen LogP contribution in [-0.4, -0.2) is 91.9 Å². The van der Waals surface area contributed by atoms with Gasteiger partial charge in [-0.1, -0.05) is 30.3 Å². The summed E-state index contributed by atoms with van der Waals surface area (Å²) >= 11 is 0. The number of H-pyrrole nitrogens is 2. The van der Waals surface area contributed by atoms with Crippen molar-refractivity contribution in [3.8, 4) is 22.4 Å². The van der Waals surface area contributed by atoms with Gasteiger partial charge in [-0.15, -0.1) is 0 Å². The Hall–Kier alpha value is -5.43. The minimum absolute atomic E-state index is 0.0129. The summed E-state index contributed by atoms with van der Waals surface area (Å²) in [5, 5.41) is 5.08. The molecular weight excluding hydrogens is 723 g/mol. The molecule has 2 aliphatic carbocycles. The lowest BCUT2D eigenvalue weighted by molar-refractivity contribution is -0.138. The number of methoxy groups -OCH3 is 1. The first-order chi connectivity index (χ1) is 27.5. The molecule has 57 heavy (non-hydrogen) atoms. The molecule has 3 aliphatic heterocycles. The lowest BCUT2D eigenvalue weighted by Crippen LogP contribution is -2.54. The number of benzene rings is 3. The Morgan fingerprint density at radius 3 is 2.19 bits per heavy atom. The van der Waals surface area contributed by atoms with Gasteiger partial charge in [-0.25, -0.2) is 19.6 Å². The van der Waals surface area contributed by atoms with Gasteiger partial charge in [0, 0.05) is 30.9 Å². The van der Waals surface area contributed by atoms with E-state index in [1.165, 1.54) is 7.11 Å². The molecule has 5 heterocycles. The first-order valence-corrected chi connectivity index (χ1v) is 20.4. The number of rotatable bonds is 7. The number of piperidine rings is 2. The van der Waals surface area contributed by atoms with Crippen LogP contribution in [-0.2, 0) is 19.0 Å². The van der Waals surface area contributed by atoms with Crippen LogP contribution in [0.15, 0.2) is 60.8 Å². The summed E-state index contributed by atoms with van der Waals surface area (Å²) in [6.45, 7) is 6.86. The summed E-state index contributed by atoms with van der Waals surface area (Å²) in [5.41, 5.74) is 5.35. The summed E-state index contributed by atoms with van der Waals surface area (Å²) in [5.74, 6) is 2.46. The fourth-order valence-corrected chi connectivity index (χ4v) is 9.68. The van der Waals surface area contributed by atoms with Crippen molar-refractivity contribution in [1.29, 1.82) is 0 Å². The Balaban J connectivity index is 0.864. The molecule has 0 spiro atoms. The number of fused-ring (bicyclic) bond motifs is 4. The second-order valence-corrected chi connectivity index (χ2v) is 17.6. The van der Waals surface area contributed by atoms with E-state index in [4.69, 9.17) is 24.2 Å². The Morgan fingerprint density at radius 1 is 0.825 bits per heavy atom. The molecule has 2 aromatic heterocycles. The van der Waals surface area contributed by atoms with Gasteiger partial charge in [-0.3, -0.25) is 9.69 Å². The predicted molar refractivity (Wildman–Crippen MR) is 213 cm³/mol. The van der Waals surface area contributed by atoms with Crippen molar-refractivity contribution in [3.63, 3.8) is 0 Å². The van der Waals surface area contributed by atoms with E-state index in [-0.39, 0.29) is 42.1 Å². The molecule has 5 aliphatic rings. The average molecular weight is 772 g/mol. The van der Waals surface area contributed by atoms with E-state index in [2.05, 4.69) is 63.8 Å². The maximum atomic E-state index is 14.2. The van der Waals surface area contributed by atoms with E-state index in [0.717, 1.165) is 81.5 Å². The number of amides is 3. The largest absolute Gasteiger partial charge is 0.453 e. The molecule has 0 bridgehead atoms. The normalized spacial score (nSPS) is 26.0. The van der Waals surface area contributed by atoms with Crippen molar-refractivity contribution in [2.45, 2.75) is 95.1 Å². The Morgan fingerprint density at radius 2 is 1.47 bits per heavy atom. The summed E-state index contributed by atoms with van der Waals surface area (Å²) in [6, 6.07) is 18.6. The Bertz CT molecular complexity index is 2390. The van der Waals surface area contributed by atoms with Gasteiger partial charge in [0.15, 0.2) is 0 Å². The number of imidazole rings is 2. The maximum absolute atomic E-state index is 14.2. The van der Waals surface area contributed by atoms with E-state index in [1.54, 1.807) is 0 Å². The zero-order valence-electron chi connectivity index (χ0n) is 32.8. The van der Waals surface area contributed by atoms with Gasteiger partial charge in [-0.2, -0.15) is 0 Å². The number of alkyl carbamates (subject to hydrolysis) is 1. The highest BCUT2D eigenvalue weighted by Gasteiger charge is 2.57. The van der Waals surface area contributed by atoms with Crippen LogP contribution in [0, 0.1) is 17.8 Å². The minimum atomic E-state index is -0.666. The van der Waals surface area contributed by atoms with Gasteiger partial charge in [0.2, 0.25) is 5.91 Å². The number of nitrogens with zero attached hydrogens (tertiary/aromatic N) is 4. The standard InChI is InChI=1S/C44H49N7O6/c1-44(2,3)57-43(54)51-35-19-30(35)21-37(51)40-46-31-10-9-27(17-32(31)47-40)25-5-6-26-16-28(8-7-24(26)15-25)33-22-45-39(48-33)36-20-29-18-34(29)50(36)41(52)38(49-42(53)55-4)23-11-13-56-14-12-23/h5-10,15-17,22-23,29-30,34-38H,11-14,18-21H2,1-4H3,(H,45,48)(H,46,47)(H,49,53)/t29-,30?,34+,35?,36-,37?,38-/m0/s1. The number of hydrogen-bond acceptors (Lipinski definition) is 8. The van der Waals surface area contributed by atoms with E-state index in [1.807, 2.05) is 42.8 Å². The monoisotopic (exact) mass is 771 g/mol. The molecule has 3 amide bonds. The SMILES string of the molecule is COC(=O)N[C@H](C(=O)N1[C@@H]2C[C@H]2C[C@H]1c1ncc(-c2ccc3cc(-c4ccc5nc(C6CC7CC7N6C(=O)OC(C)(C)C)[nH]c5c4)ccc3c2)[nH]1)C1CCOCC1. The number of carbonyl (C=O) groups is 3. The van der Waals surface area contributed by atoms with Crippen molar-refractivity contribution < 1.29 is 28.6 Å². The number of hydrogen-bond donors (Lipinski definition) is 3. The van der Waals surface area contributed by atoms with Gasteiger partial charge in [0.1, 0.15) is 23.3 Å². The van der Waals surface area contributed by atoms with Crippen molar-refractivity contribution in [2.24, 2.45) is 17.8 Å². The molecule has 0 radical (unpaired) electrons. The number of nitrogens with one attached hydrogen (secondary N) is 3. The van der Waals surface area contributed by atoms with Crippen LogP contribution in [0.5, 0.6) is 0 Å². The molecule has 3 saturated heterocycles. The Labute approximate surface area is 330 Å². The second kappa shape index (κ2) is 13.6. The van der Waals surface area contributed by atoms with Crippen LogP contribution in [0.4, 0.5) is 9.59 Å². The quantitative estimate of drug-likeness (QED) is 0.152. The van der Waals surface area contributed by atoms with E-state index in [9.17, 15) is 14.4 Å². The third-order valence-electron chi connectivity index (χ3n) is 12.7. The lowest BCUT2D eigenvalue weighted by Gasteiger charge is -2.35. The van der Waals surface area contributed by atoms with Crippen LogP contribution in [0.2, 0.25) is 0 Å². The molecule has 7 atom stereocenters. The van der Waals surface area contributed by atoms with Gasteiger partial charge < -0.3 is 34.4 Å². The molecule has 3 aromatic carbocycles. The number of carbonyl (C=O) groups excluding carboxylic acids is 3. The number of ether oxygens (including phenoxy) is 3. The summed E-state index contributed by atoms with van der Waals surface area (Å²) in [6.07, 6.45) is 6.18. The fourth-order valence-electron chi connectivity index (χ4n) is 9.68. The second-order valence-electron chi connectivity index (χ2n) is 17.6. The van der Waals surface area contributed by atoms with Crippen molar-refractivity contribution >= 4 is 39.9 Å². The molecule has 13 nitrogen and oxygen atoms in total. The van der Waals surface area contributed by atoms with E-state index < -0.39 is 17.7 Å². The molecule has 2 saturated carbocycles. The van der Waals surface area contributed by atoms with E-state index >= 15 is 0 Å². The molecule has 296 valence electrons. The maximum Gasteiger partial charge on any atom is 0.411 e. The number of aromatic nitrogens is 4. The van der Waals surface area contributed by atoms with Crippen LogP contribution in [0.1, 0.15) is 83.0 Å². The van der Waals surface area contributed by atoms with Gasteiger partial charge in [0.05, 0.1) is 42.1 Å². The summed E-state index contributed by atoms with van der Waals surface area (Å²) < 4.78 is 16.2. The lowest BCUT2D eigenvalue weighted by atomic mass is 9.90. The predicted octanol–water partition coefficient (Wildman–Crippen LogP) is 7.66. The van der Waals surface area contributed by atoms with Gasteiger partial charge in [-0.05, 0) is 123 Å². The van der Waals surface area contributed by atoms with Gasteiger partial charge >= 0.3 is 12.2 Å². The molecule has 5 fully saturated rings. The molecular formula is C44H49N7O6. The molecule has 10 rings (SSSR count). The topological polar surface area (TPSA) is 155 Å². The average Bonchev–Trinajstić information content (AvgIpc) is 3.82. The Kier molecular flexibility index (Phi) is 8.58. The van der Waals surface area contributed by atoms with Crippen LogP contribution in [0.25, 0.3) is 44.2 Å². The zero-order chi connectivity index (χ0) is 39.2. The molecule has 5 aromatic rings. The van der Waals surface area contributed by atoms with E-state index in [0.29, 0.717) is 37.9 Å². The van der Waals surface area contributed by atoms with Crippen LogP contribution >= 0.6 is 0 Å². The third kappa shape index (κ3) is 6.69. The highest BCUT2D eigenvalue weighted by molar-refractivity contribution is 5.92. The first-order valence-electron chi connectivity index (χ1n) is 20.4. The molecule has 13 heteroatoms. The summed E-state index contributed by atoms with van der Waals surface area (Å²) in [7, 11) is 1.33. The van der Waals surface area contributed by atoms with Gasteiger partial charge in [0.25, 0.3) is 0 Å². The molecule has 3 unspecified atom stereocenters. The van der Waals surface area contributed by atoms with Crippen molar-refractivity contribution in [1.82, 2.24) is 35.1 Å². The zero-order valence-corrected chi connectivity index (χ0v) is 32.8. The highest BCUT2D eigenvalue weighted by Crippen LogP contribution is 2.55. The first kappa shape index (κ1) is 35.9. The van der Waals surface area contributed by atoms with Crippen LogP contribution < -0.4 is 5.32 Å². The van der Waals surface area contributed by atoms with Crippen molar-refractivity contribution in [3.05, 3.63) is 72.4 Å². The third-order valence-corrected chi connectivity index (χ3v) is 12.7. The minimum Gasteiger partial charge on any atom is -0.453 e. The number of aromatic amines is 2. The smallest absolute Gasteiger partial charge is 0.411 e. The van der Waals surface area contributed by atoms with Crippen molar-refractivity contribution in [2.75, 3.05) is 20.3 Å². The van der Waals surface area contributed by atoms with Crippen LogP contribution in [0.3, 0.4) is 0 Å². The summed E-state index contributed by atoms with van der Waals surface area (Å²) in [4.78, 5) is 60.5. The fraction of sp³-hybridized carbons (Fsp3) is 0.477.